The molecule has 0 atom stereocenters. The van der Waals surface area contributed by atoms with E-state index in [1.54, 1.807) is 24.4 Å². The first-order valence-electron chi connectivity index (χ1n) is 12.3. The summed E-state index contributed by atoms with van der Waals surface area (Å²) in [5.74, 6) is 1.03. The second-order valence-electron chi connectivity index (χ2n) is 9.51. The topological polar surface area (TPSA) is 80.2 Å². The minimum atomic E-state index is -0.325. The molecule has 0 saturated carbocycles. The average molecular weight is 616 g/mol. The molecule has 196 valence electrons. The predicted molar refractivity (Wildman–Crippen MR) is 157 cm³/mol. The van der Waals surface area contributed by atoms with Crippen LogP contribution in [0, 0.1) is 6.92 Å². The Hall–Kier alpha value is -2.92. The number of fused-ring (bicyclic) bond motifs is 3. The van der Waals surface area contributed by atoms with Crippen LogP contribution in [0.4, 0.5) is 28.8 Å². The normalized spacial score (nSPS) is 17.4. The maximum atomic E-state index is 13.6. The fourth-order valence-electron chi connectivity index (χ4n) is 5.10. The number of nitrogens with zero attached hydrogens (tertiary/aromatic N) is 7. The van der Waals surface area contributed by atoms with Gasteiger partial charge in [0.25, 0.3) is 5.91 Å². The lowest BCUT2D eigenvalue weighted by atomic mass is 10.1. The predicted octanol–water partition coefficient (Wildman–Crippen LogP) is 5.19. The molecule has 1 N–H and O–H groups in total. The highest BCUT2D eigenvalue weighted by molar-refractivity contribution is 9.10. The lowest BCUT2D eigenvalue weighted by Crippen LogP contribution is -2.51. The molecule has 0 radical (unpaired) electrons. The van der Waals surface area contributed by atoms with Crippen molar-refractivity contribution in [2.24, 2.45) is 4.99 Å². The van der Waals surface area contributed by atoms with E-state index in [0.29, 0.717) is 52.1 Å². The number of anilines is 5. The minimum Gasteiger partial charge on any atom is -0.368 e. The van der Waals surface area contributed by atoms with Crippen molar-refractivity contribution in [1.29, 1.82) is 0 Å². The number of hydrogen-bond donors (Lipinski definition) is 1. The molecular weight excluding hydrogens is 591 g/mol. The summed E-state index contributed by atoms with van der Waals surface area (Å²) in [6, 6.07) is 9.27. The van der Waals surface area contributed by atoms with Crippen LogP contribution in [0.2, 0.25) is 10.0 Å². The summed E-state index contributed by atoms with van der Waals surface area (Å²) in [6.07, 6.45) is 1.54. The number of nitrogens with one attached hydrogen (secondary N) is 1. The monoisotopic (exact) mass is 614 g/mol. The lowest BCUT2D eigenvalue weighted by molar-refractivity contribution is 0.1000. The Kier molecular flexibility index (Phi) is 6.67. The van der Waals surface area contributed by atoms with Crippen molar-refractivity contribution in [2.75, 3.05) is 66.3 Å². The molecule has 4 heterocycles. The van der Waals surface area contributed by atoms with E-state index < -0.39 is 0 Å². The molecule has 3 aliphatic rings. The summed E-state index contributed by atoms with van der Waals surface area (Å²) < 4.78 is 1.01. The van der Waals surface area contributed by atoms with Gasteiger partial charge in [0, 0.05) is 49.1 Å². The van der Waals surface area contributed by atoms with Crippen LogP contribution in [0.15, 0.2) is 46.0 Å². The van der Waals surface area contributed by atoms with Crippen molar-refractivity contribution in [3.8, 4) is 0 Å². The number of likely N-dealkylation sites (N-methyl/N-ethyl adjacent to an activating group) is 1. The number of halogens is 3. The van der Waals surface area contributed by atoms with Gasteiger partial charge in [-0.1, -0.05) is 29.3 Å². The van der Waals surface area contributed by atoms with Crippen LogP contribution < -0.4 is 20.0 Å². The van der Waals surface area contributed by atoms with Crippen LogP contribution >= 0.6 is 39.1 Å². The summed E-state index contributed by atoms with van der Waals surface area (Å²) in [4.78, 5) is 35.5. The number of aliphatic imine (C=N–C) groups is 1. The van der Waals surface area contributed by atoms with Gasteiger partial charge < -0.3 is 15.1 Å². The first-order valence-corrected chi connectivity index (χ1v) is 13.8. The number of hydrogen-bond acceptors (Lipinski definition) is 8. The van der Waals surface area contributed by atoms with Gasteiger partial charge in [0.1, 0.15) is 5.56 Å². The molecule has 3 aliphatic heterocycles. The average Bonchev–Trinajstić information content (AvgIpc) is 3.36. The Morgan fingerprint density at radius 1 is 1.03 bits per heavy atom. The smallest absolute Gasteiger partial charge is 0.270 e. The fraction of sp³-hybridized carbons (Fsp3) is 0.308. The van der Waals surface area contributed by atoms with Crippen LogP contribution in [-0.2, 0) is 0 Å². The van der Waals surface area contributed by atoms with Gasteiger partial charge in [-0.25, -0.2) is 9.88 Å². The number of carbonyl (C=O) groups excluding carboxylic acids is 1. The van der Waals surface area contributed by atoms with E-state index >= 15 is 0 Å². The quantitative estimate of drug-likeness (QED) is 0.433. The molecule has 9 nitrogen and oxygen atoms in total. The van der Waals surface area contributed by atoms with Gasteiger partial charge in [0.2, 0.25) is 11.9 Å². The molecule has 0 bridgehead atoms. The number of amides is 1. The Balaban J connectivity index is 1.31. The molecule has 0 spiro atoms. The lowest BCUT2D eigenvalue weighted by Gasteiger charge is -2.35. The molecule has 2 aromatic carbocycles. The summed E-state index contributed by atoms with van der Waals surface area (Å²) in [5, 5.41) is 4.05. The summed E-state index contributed by atoms with van der Waals surface area (Å²) in [6.45, 7) is 7.26. The number of carbonyl (C=O) groups is 1. The van der Waals surface area contributed by atoms with Gasteiger partial charge in [-0.3, -0.25) is 14.7 Å². The van der Waals surface area contributed by atoms with Crippen LogP contribution in [0.5, 0.6) is 0 Å². The number of guanidine groups is 1. The SMILES string of the molecule is Cc1cc(Nc2ncc3c(n2)N2CCN=C2N(c2c(Cl)cccc2Cl)C3=O)cc(Br)c1N1CCN(C)CC1. The maximum absolute atomic E-state index is 13.6. The first-order chi connectivity index (χ1) is 18.3. The van der Waals surface area contributed by atoms with Crippen molar-refractivity contribution in [1.82, 2.24) is 14.9 Å². The number of aryl methyl sites for hydroxylation is 1. The Bertz CT molecular complexity index is 1430. The third kappa shape index (κ3) is 4.39. The van der Waals surface area contributed by atoms with Crippen LogP contribution in [0.3, 0.4) is 0 Å². The van der Waals surface area contributed by atoms with Gasteiger partial charge in [-0.05, 0) is 59.7 Å². The number of rotatable bonds is 4. The van der Waals surface area contributed by atoms with Gasteiger partial charge >= 0.3 is 0 Å². The third-order valence-corrected chi connectivity index (χ3v) is 8.18. The molecule has 12 heteroatoms. The third-order valence-electron chi connectivity index (χ3n) is 6.97. The molecule has 3 aromatic rings. The number of para-hydroxylation sites is 1. The highest BCUT2D eigenvalue weighted by atomic mass is 79.9. The van der Waals surface area contributed by atoms with Gasteiger partial charge in [-0.15, -0.1) is 0 Å². The standard InChI is InChI=1S/C26H25BrCl2N8O/c1-15-12-16(13-18(27)21(15)35-10-8-34(2)9-11-35)32-25-31-14-17-23(33-25)36-7-6-30-26(36)37(24(17)38)22-19(28)4-3-5-20(22)29/h3-5,12-14H,6-11H2,1-2H3,(H,31,32,33). The van der Waals surface area contributed by atoms with E-state index in [0.717, 1.165) is 41.9 Å². The largest absolute Gasteiger partial charge is 0.368 e. The van der Waals surface area contributed by atoms with Crippen molar-refractivity contribution in [3.05, 3.63) is 62.2 Å². The van der Waals surface area contributed by atoms with E-state index in [1.807, 2.05) is 11.0 Å². The summed E-state index contributed by atoms with van der Waals surface area (Å²) >= 11 is 16.7. The van der Waals surface area contributed by atoms with Gasteiger partial charge in [0.05, 0.1) is 28.0 Å². The van der Waals surface area contributed by atoms with E-state index in [1.165, 1.54) is 10.6 Å². The zero-order valence-electron chi connectivity index (χ0n) is 20.9. The molecule has 6 rings (SSSR count). The zero-order valence-corrected chi connectivity index (χ0v) is 24.0. The number of benzene rings is 2. The van der Waals surface area contributed by atoms with E-state index in [4.69, 9.17) is 28.2 Å². The Labute approximate surface area is 239 Å². The second kappa shape index (κ2) is 10.00. The molecule has 0 aliphatic carbocycles. The zero-order chi connectivity index (χ0) is 26.6. The molecule has 1 saturated heterocycles. The van der Waals surface area contributed by atoms with E-state index in [-0.39, 0.29) is 5.91 Å². The highest BCUT2D eigenvalue weighted by Gasteiger charge is 2.41. The Morgan fingerprint density at radius 3 is 2.47 bits per heavy atom. The molecule has 1 fully saturated rings. The Morgan fingerprint density at radius 2 is 1.76 bits per heavy atom. The van der Waals surface area contributed by atoms with Crippen molar-refractivity contribution in [3.63, 3.8) is 0 Å². The number of piperazine rings is 1. The van der Waals surface area contributed by atoms with Crippen LogP contribution in [0.1, 0.15) is 15.9 Å². The van der Waals surface area contributed by atoms with Crippen molar-refractivity contribution in [2.45, 2.75) is 6.92 Å². The molecule has 38 heavy (non-hydrogen) atoms. The molecule has 1 aromatic heterocycles. The maximum Gasteiger partial charge on any atom is 0.270 e. The molecular formula is C26H25BrCl2N8O. The van der Waals surface area contributed by atoms with E-state index in [2.05, 4.69) is 61.1 Å². The van der Waals surface area contributed by atoms with Gasteiger partial charge in [0.15, 0.2) is 5.82 Å². The molecule has 1 amide bonds. The fourth-order valence-corrected chi connectivity index (χ4v) is 6.48. The second-order valence-corrected chi connectivity index (χ2v) is 11.2. The summed E-state index contributed by atoms with van der Waals surface area (Å²) in [7, 11) is 2.15. The first kappa shape index (κ1) is 25.4. The van der Waals surface area contributed by atoms with Crippen molar-refractivity contribution >= 4 is 79.8 Å². The number of aromatic nitrogens is 2. The van der Waals surface area contributed by atoms with E-state index in [9.17, 15) is 4.79 Å². The minimum absolute atomic E-state index is 0.325. The molecule has 0 unspecified atom stereocenters. The van der Waals surface area contributed by atoms with Crippen LogP contribution in [-0.4, -0.2) is 73.1 Å². The highest BCUT2D eigenvalue weighted by Crippen LogP contribution is 2.40. The summed E-state index contributed by atoms with van der Waals surface area (Å²) in [5.41, 5.74) is 3.97. The van der Waals surface area contributed by atoms with Gasteiger partial charge in [-0.2, -0.15) is 4.98 Å². The van der Waals surface area contributed by atoms with Crippen molar-refractivity contribution < 1.29 is 4.79 Å². The van der Waals surface area contributed by atoms with Crippen LogP contribution in [0.25, 0.3) is 0 Å².